The Morgan fingerprint density at radius 3 is 2.59 bits per heavy atom. The van der Waals surface area contributed by atoms with Crippen LogP contribution in [-0.2, 0) is 14.6 Å². The maximum Gasteiger partial charge on any atom is 0.224 e. The molecule has 1 aromatic carbocycles. The first-order valence-corrected chi connectivity index (χ1v) is 12.8. The van der Waals surface area contributed by atoms with E-state index in [2.05, 4.69) is 10.3 Å². The Morgan fingerprint density at radius 2 is 1.83 bits per heavy atom. The lowest BCUT2D eigenvalue weighted by atomic mass is 9.86. The minimum Gasteiger partial charge on any atom is -0.324 e. The number of aromatic nitrogens is 1. The molecule has 0 radical (unpaired) electrons. The molecule has 0 saturated heterocycles. The summed E-state index contributed by atoms with van der Waals surface area (Å²) < 4.78 is 24.8. The summed E-state index contributed by atoms with van der Waals surface area (Å²) in [5.41, 5.74) is 0.656. The fourth-order valence-electron chi connectivity index (χ4n) is 3.62. The zero-order valence-electron chi connectivity index (χ0n) is 16.5. The number of pyridine rings is 1. The van der Waals surface area contributed by atoms with E-state index in [-0.39, 0.29) is 11.7 Å². The fourth-order valence-corrected chi connectivity index (χ4v) is 6.24. The van der Waals surface area contributed by atoms with Gasteiger partial charge in [-0.3, -0.25) is 4.79 Å². The summed E-state index contributed by atoms with van der Waals surface area (Å²) in [6.45, 7) is 0. The van der Waals surface area contributed by atoms with Gasteiger partial charge in [0.25, 0.3) is 0 Å². The Bertz CT molecular complexity index is 895. The maximum absolute atomic E-state index is 12.4. The first-order chi connectivity index (χ1) is 14.0. The van der Waals surface area contributed by atoms with Crippen LogP contribution in [0.5, 0.6) is 0 Å². The van der Waals surface area contributed by atoms with Crippen molar-refractivity contribution in [3.05, 3.63) is 48.7 Å². The molecule has 1 amide bonds. The van der Waals surface area contributed by atoms with Gasteiger partial charge < -0.3 is 5.32 Å². The van der Waals surface area contributed by atoms with Gasteiger partial charge in [-0.15, -0.1) is 11.8 Å². The van der Waals surface area contributed by atoms with Gasteiger partial charge >= 0.3 is 0 Å². The Balaban J connectivity index is 1.51. The lowest BCUT2D eigenvalue weighted by molar-refractivity contribution is -0.116. The lowest BCUT2D eigenvalue weighted by Gasteiger charge is -2.21. The molecule has 29 heavy (non-hydrogen) atoms. The smallest absolute Gasteiger partial charge is 0.224 e. The van der Waals surface area contributed by atoms with Gasteiger partial charge in [-0.1, -0.05) is 50.3 Å². The molecule has 0 unspecified atom stereocenters. The molecule has 1 heterocycles. The molecule has 1 fully saturated rings. The minimum atomic E-state index is -3.32. The van der Waals surface area contributed by atoms with Crippen LogP contribution >= 0.6 is 11.8 Å². The van der Waals surface area contributed by atoms with Gasteiger partial charge in [0.15, 0.2) is 9.84 Å². The second-order valence-corrected chi connectivity index (χ2v) is 10.6. The number of nitrogens with one attached hydrogen (secondary N) is 1. The first-order valence-electron chi connectivity index (χ1n) is 10.2. The molecule has 1 saturated carbocycles. The number of carbonyl (C=O) groups excluding carboxylic acids is 1. The summed E-state index contributed by atoms with van der Waals surface area (Å²) in [6.07, 6.45) is 9.46. The van der Waals surface area contributed by atoms with Crippen molar-refractivity contribution in [2.24, 2.45) is 5.92 Å². The van der Waals surface area contributed by atoms with Gasteiger partial charge in [0.1, 0.15) is 5.03 Å². The number of hydrogen-bond acceptors (Lipinski definition) is 5. The topological polar surface area (TPSA) is 76.1 Å². The number of nitrogens with zero attached hydrogens (tertiary/aromatic N) is 1. The normalized spacial score (nSPS) is 15.2. The van der Waals surface area contributed by atoms with Crippen LogP contribution in [0.4, 0.5) is 5.69 Å². The van der Waals surface area contributed by atoms with Gasteiger partial charge in [0.05, 0.1) is 16.3 Å². The third-order valence-electron chi connectivity index (χ3n) is 5.24. The summed E-state index contributed by atoms with van der Waals surface area (Å²) >= 11 is 1.35. The summed E-state index contributed by atoms with van der Waals surface area (Å²) in [7, 11) is -3.32. The predicted octanol–water partition coefficient (Wildman–Crippen LogP) is 4.95. The van der Waals surface area contributed by atoms with Crippen LogP contribution in [0.2, 0.25) is 0 Å². The van der Waals surface area contributed by atoms with Crippen LogP contribution in [-0.4, -0.2) is 30.8 Å². The van der Waals surface area contributed by atoms with Crippen molar-refractivity contribution in [3.63, 3.8) is 0 Å². The molecule has 5 nitrogen and oxygen atoms in total. The molecule has 1 aliphatic carbocycles. The van der Waals surface area contributed by atoms with Crippen molar-refractivity contribution in [1.82, 2.24) is 4.98 Å². The zero-order valence-corrected chi connectivity index (χ0v) is 18.2. The van der Waals surface area contributed by atoms with E-state index >= 15 is 0 Å². The van der Waals surface area contributed by atoms with E-state index in [1.807, 2.05) is 6.07 Å². The zero-order chi connectivity index (χ0) is 20.5. The van der Waals surface area contributed by atoms with E-state index in [9.17, 15) is 13.2 Å². The van der Waals surface area contributed by atoms with Gasteiger partial charge in [0.2, 0.25) is 5.91 Å². The lowest BCUT2D eigenvalue weighted by Crippen LogP contribution is -2.15. The van der Waals surface area contributed by atoms with Crippen LogP contribution in [0.25, 0.3) is 0 Å². The second kappa shape index (κ2) is 10.8. The van der Waals surface area contributed by atoms with E-state index < -0.39 is 9.84 Å². The quantitative estimate of drug-likeness (QED) is 0.568. The summed E-state index contributed by atoms with van der Waals surface area (Å²) in [5, 5.41) is 3.61. The number of amides is 1. The van der Waals surface area contributed by atoms with Crippen LogP contribution in [0.15, 0.2) is 58.6 Å². The van der Waals surface area contributed by atoms with E-state index in [0.29, 0.717) is 33.7 Å². The third kappa shape index (κ3) is 6.85. The Labute approximate surface area is 177 Å². The van der Waals surface area contributed by atoms with E-state index in [0.717, 1.165) is 6.42 Å². The molecule has 7 heteroatoms. The molecule has 3 rings (SSSR count). The SMILES string of the molecule is O=C(CCC1CCCCC1)Nc1cccnc1SCCS(=O)(=O)c1ccccc1. The van der Waals surface area contributed by atoms with Crippen LogP contribution < -0.4 is 5.32 Å². The second-order valence-electron chi connectivity index (χ2n) is 7.43. The van der Waals surface area contributed by atoms with Crippen molar-refractivity contribution >= 4 is 33.2 Å². The maximum atomic E-state index is 12.4. The fraction of sp³-hybridized carbons (Fsp3) is 0.455. The standard InChI is InChI=1S/C22H28N2O3S2/c25-21(14-13-18-8-3-1-4-9-18)24-20-12-7-15-23-22(20)28-16-17-29(26,27)19-10-5-2-6-11-19/h2,5-7,10-12,15,18H,1,3-4,8-9,13-14,16-17H2,(H,24,25). The molecule has 0 bridgehead atoms. The van der Waals surface area contributed by atoms with Crippen LogP contribution in [0, 0.1) is 5.92 Å². The summed E-state index contributed by atoms with van der Waals surface area (Å²) in [5.74, 6) is 1.06. The molecular formula is C22H28N2O3S2. The molecule has 2 aromatic rings. The van der Waals surface area contributed by atoms with Gasteiger partial charge in [0, 0.05) is 18.4 Å². The van der Waals surface area contributed by atoms with Gasteiger partial charge in [-0.2, -0.15) is 0 Å². The number of carbonyl (C=O) groups is 1. The number of thioether (sulfide) groups is 1. The highest BCUT2D eigenvalue weighted by atomic mass is 32.2. The highest BCUT2D eigenvalue weighted by Crippen LogP contribution is 2.28. The number of benzene rings is 1. The van der Waals surface area contributed by atoms with Gasteiger partial charge in [-0.25, -0.2) is 13.4 Å². The van der Waals surface area contributed by atoms with Crippen molar-refractivity contribution in [1.29, 1.82) is 0 Å². The highest BCUT2D eigenvalue weighted by molar-refractivity contribution is 8.00. The first kappa shape index (κ1) is 21.8. The third-order valence-corrected chi connectivity index (χ3v) is 8.24. The van der Waals surface area contributed by atoms with E-state index in [1.54, 1.807) is 42.6 Å². The summed E-state index contributed by atoms with van der Waals surface area (Å²) in [6, 6.07) is 12.1. The molecule has 0 aliphatic heterocycles. The predicted molar refractivity (Wildman–Crippen MR) is 118 cm³/mol. The molecule has 1 N–H and O–H groups in total. The van der Waals surface area contributed by atoms with E-state index in [4.69, 9.17) is 0 Å². The van der Waals surface area contributed by atoms with Crippen LogP contribution in [0.1, 0.15) is 44.9 Å². The molecule has 1 aliphatic rings. The number of sulfone groups is 1. The summed E-state index contributed by atoms with van der Waals surface area (Å²) in [4.78, 5) is 17.0. The molecule has 0 spiro atoms. The number of rotatable bonds is 9. The number of hydrogen-bond donors (Lipinski definition) is 1. The minimum absolute atomic E-state index is 0.00216. The largest absolute Gasteiger partial charge is 0.324 e. The average Bonchev–Trinajstić information content (AvgIpc) is 2.75. The Hall–Kier alpha value is -1.86. The van der Waals surface area contributed by atoms with Crippen LogP contribution in [0.3, 0.4) is 0 Å². The van der Waals surface area contributed by atoms with Crippen molar-refractivity contribution in [2.75, 3.05) is 16.8 Å². The monoisotopic (exact) mass is 432 g/mol. The molecule has 1 aromatic heterocycles. The van der Waals surface area contributed by atoms with Crippen molar-refractivity contribution in [3.8, 4) is 0 Å². The average molecular weight is 433 g/mol. The van der Waals surface area contributed by atoms with Gasteiger partial charge in [-0.05, 0) is 36.6 Å². The van der Waals surface area contributed by atoms with Crippen molar-refractivity contribution < 1.29 is 13.2 Å². The molecule has 0 atom stereocenters. The highest BCUT2D eigenvalue weighted by Gasteiger charge is 2.17. The van der Waals surface area contributed by atoms with Crippen molar-refractivity contribution in [2.45, 2.75) is 54.9 Å². The van der Waals surface area contributed by atoms with E-state index in [1.165, 1.54) is 43.9 Å². The molecular weight excluding hydrogens is 404 g/mol. The Morgan fingerprint density at radius 1 is 1.07 bits per heavy atom. The number of anilines is 1. The molecule has 156 valence electrons. The Kier molecular flexibility index (Phi) is 8.12.